The van der Waals surface area contributed by atoms with Crippen molar-refractivity contribution in [3.8, 4) is 0 Å². The molecule has 1 rings (SSSR count). The van der Waals surface area contributed by atoms with Gasteiger partial charge in [0.05, 0.1) is 5.25 Å². The van der Waals surface area contributed by atoms with E-state index in [2.05, 4.69) is 10.0 Å². The molecular weight excluding hydrogens is 260 g/mol. The highest BCUT2D eigenvalue weighted by atomic mass is 32.2. The van der Waals surface area contributed by atoms with Crippen molar-refractivity contribution >= 4 is 10.0 Å². The number of benzene rings is 1. The molecular formula is C14H24N2O2S. The lowest BCUT2D eigenvalue weighted by molar-refractivity contribution is 0.560. The Morgan fingerprint density at radius 3 is 2.58 bits per heavy atom. The summed E-state index contributed by atoms with van der Waals surface area (Å²) in [6.07, 6.45) is 0.722. The van der Waals surface area contributed by atoms with E-state index >= 15 is 0 Å². The molecule has 0 radical (unpaired) electrons. The molecule has 0 saturated heterocycles. The minimum atomic E-state index is -3.23. The molecule has 0 aromatic heterocycles. The Kier molecular flexibility index (Phi) is 6.48. The van der Waals surface area contributed by atoms with Crippen LogP contribution in [-0.2, 0) is 16.4 Å². The molecule has 5 heteroatoms. The second-order valence-electron chi connectivity index (χ2n) is 4.73. The van der Waals surface area contributed by atoms with Crippen molar-refractivity contribution in [2.75, 3.05) is 19.6 Å². The van der Waals surface area contributed by atoms with E-state index in [4.69, 9.17) is 0 Å². The summed E-state index contributed by atoms with van der Waals surface area (Å²) in [6, 6.07) is 8.04. The average molecular weight is 284 g/mol. The van der Waals surface area contributed by atoms with Gasteiger partial charge in [0, 0.05) is 13.1 Å². The number of nitrogens with one attached hydrogen (secondary N) is 2. The maximum Gasteiger partial charge on any atom is 0.215 e. The zero-order valence-corrected chi connectivity index (χ0v) is 12.8. The summed E-state index contributed by atoms with van der Waals surface area (Å²) >= 11 is 0. The summed E-state index contributed by atoms with van der Waals surface area (Å²) in [5.74, 6) is 0. The predicted molar refractivity (Wildman–Crippen MR) is 79.8 cm³/mol. The van der Waals surface area contributed by atoms with Crippen LogP contribution in [0.25, 0.3) is 0 Å². The molecule has 1 aromatic rings. The van der Waals surface area contributed by atoms with Gasteiger partial charge < -0.3 is 5.32 Å². The van der Waals surface area contributed by atoms with Gasteiger partial charge in [-0.1, -0.05) is 31.2 Å². The van der Waals surface area contributed by atoms with Crippen molar-refractivity contribution in [1.29, 1.82) is 0 Å². The number of aryl methyl sites for hydroxylation is 1. The van der Waals surface area contributed by atoms with Crippen LogP contribution in [-0.4, -0.2) is 33.3 Å². The molecule has 0 aliphatic carbocycles. The Labute approximate surface area is 116 Å². The van der Waals surface area contributed by atoms with E-state index in [0.29, 0.717) is 13.1 Å². The fourth-order valence-electron chi connectivity index (χ4n) is 1.82. The van der Waals surface area contributed by atoms with Crippen LogP contribution >= 0.6 is 0 Å². The van der Waals surface area contributed by atoms with Crippen LogP contribution in [0.5, 0.6) is 0 Å². The standard InChI is InChI=1S/C14H24N2O2S/c1-4-15-11-13(3)19(17,18)16-10-9-14-8-6-5-7-12(14)2/h5-8,13,15-16H,4,9-11H2,1-3H3. The Balaban J connectivity index is 2.46. The normalized spacial score (nSPS) is 13.4. The summed E-state index contributed by atoms with van der Waals surface area (Å²) < 4.78 is 26.6. The summed E-state index contributed by atoms with van der Waals surface area (Å²) in [6.45, 7) is 7.43. The van der Waals surface area contributed by atoms with Crippen molar-refractivity contribution < 1.29 is 8.42 Å². The number of hydrogen-bond donors (Lipinski definition) is 2. The lowest BCUT2D eigenvalue weighted by atomic mass is 10.1. The first-order valence-corrected chi connectivity index (χ1v) is 8.25. The number of sulfonamides is 1. The van der Waals surface area contributed by atoms with Crippen LogP contribution in [0, 0.1) is 6.92 Å². The molecule has 0 saturated carbocycles. The quantitative estimate of drug-likeness (QED) is 0.760. The lowest BCUT2D eigenvalue weighted by Crippen LogP contribution is -2.39. The molecule has 0 aliphatic rings. The van der Waals surface area contributed by atoms with Gasteiger partial charge in [0.25, 0.3) is 0 Å². The van der Waals surface area contributed by atoms with Crippen LogP contribution < -0.4 is 10.0 Å². The maximum absolute atomic E-state index is 12.0. The SMILES string of the molecule is CCNCC(C)S(=O)(=O)NCCc1ccccc1C. The smallest absolute Gasteiger partial charge is 0.215 e. The Morgan fingerprint density at radius 2 is 1.95 bits per heavy atom. The molecule has 0 fully saturated rings. The molecule has 2 N–H and O–H groups in total. The van der Waals surface area contributed by atoms with E-state index in [1.807, 2.05) is 38.1 Å². The average Bonchev–Trinajstić information content (AvgIpc) is 2.38. The molecule has 0 bridgehead atoms. The highest BCUT2D eigenvalue weighted by Crippen LogP contribution is 2.07. The third-order valence-corrected chi connectivity index (χ3v) is 5.00. The zero-order valence-electron chi connectivity index (χ0n) is 11.9. The molecule has 1 unspecified atom stereocenters. The highest BCUT2D eigenvalue weighted by Gasteiger charge is 2.19. The van der Waals surface area contributed by atoms with Crippen LogP contribution in [0.4, 0.5) is 0 Å². The molecule has 1 aromatic carbocycles. The van der Waals surface area contributed by atoms with Crippen LogP contribution in [0.15, 0.2) is 24.3 Å². The Hall–Kier alpha value is -0.910. The maximum atomic E-state index is 12.0. The van der Waals surface area contributed by atoms with Gasteiger partial charge in [-0.15, -0.1) is 0 Å². The van der Waals surface area contributed by atoms with Crippen LogP contribution in [0.3, 0.4) is 0 Å². The third kappa shape index (κ3) is 5.30. The first-order chi connectivity index (χ1) is 8.97. The van der Waals surface area contributed by atoms with Gasteiger partial charge in [-0.25, -0.2) is 13.1 Å². The lowest BCUT2D eigenvalue weighted by Gasteiger charge is -2.14. The van der Waals surface area contributed by atoms with Crippen LogP contribution in [0.2, 0.25) is 0 Å². The van der Waals surface area contributed by atoms with Gasteiger partial charge in [-0.2, -0.15) is 0 Å². The van der Waals surface area contributed by atoms with Gasteiger partial charge in [0.1, 0.15) is 0 Å². The Bertz CT molecular complexity index is 486. The van der Waals surface area contributed by atoms with E-state index in [9.17, 15) is 8.42 Å². The molecule has 19 heavy (non-hydrogen) atoms. The highest BCUT2D eigenvalue weighted by molar-refractivity contribution is 7.90. The molecule has 0 heterocycles. The molecule has 108 valence electrons. The van der Waals surface area contributed by atoms with E-state index in [1.165, 1.54) is 11.1 Å². The van der Waals surface area contributed by atoms with E-state index in [1.54, 1.807) is 6.92 Å². The number of rotatable bonds is 8. The van der Waals surface area contributed by atoms with Crippen molar-refractivity contribution in [3.63, 3.8) is 0 Å². The molecule has 0 aliphatic heterocycles. The van der Waals surface area contributed by atoms with Gasteiger partial charge in [-0.05, 0) is 37.9 Å². The van der Waals surface area contributed by atoms with Gasteiger partial charge in [-0.3, -0.25) is 0 Å². The van der Waals surface area contributed by atoms with Gasteiger partial charge >= 0.3 is 0 Å². The second-order valence-corrected chi connectivity index (χ2v) is 6.92. The van der Waals surface area contributed by atoms with Crippen molar-refractivity contribution in [2.45, 2.75) is 32.4 Å². The monoisotopic (exact) mass is 284 g/mol. The third-order valence-electron chi connectivity index (χ3n) is 3.17. The van der Waals surface area contributed by atoms with Gasteiger partial charge in [0.2, 0.25) is 10.0 Å². The van der Waals surface area contributed by atoms with E-state index < -0.39 is 15.3 Å². The topological polar surface area (TPSA) is 58.2 Å². The molecule has 0 spiro atoms. The van der Waals surface area contributed by atoms with E-state index in [-0.39, 0.29) is 0 Å². The fraction of sp³-hybridized carbons (Fsp3) is 0.571. The van der Waals surface area contributed by atoms with Gasteiger partial charge in [0.15, 0.2) is 0 Å². The van der Waals surface area contributed by atoms with Crippen LogP contribution in [0.1, 0.15) is 25.0 Å². The minimum absolute atomic E-state index is 0.413. The summed E-state index contributed by atoms with van der Waals surface area (Å²) in [5.41, 5.74) is 2.38. The van der Waals surface area contributed by atoms with Crippen molar-refractivity contribution in [3.05, 3.63) is 35.4 Å². The summed E-state index contributed by atoms with van der Waals surface area (Å²) in [5, 5.41) is 2.64. The number of hydrogen-bond acceptors (Lipinski definition) is 3. The second kappa shape index (κ2) is 7.62. The fourth-order valence-corrected chi connectivity index (χ4v) is 2.83. The largest absolute Gasteiger partial charge is 0.316 e. The zero-order chi connectivity index (χ0) is 14.3. The molecule has 1 atom stereocenters. The predicted octanol–water partition coefficient (Wildman–Crippen LogP) is 1.45. The summed E-state index contributed by atoms with van der Waals surface area (Å²) in [4.78, 5) is 0. The molecule has 4 nitrogen and oxygen atoms in total. The first kappa shape index (κ1) is 16.1. The Morgan fingerprint density at radius 1 is 1.26 bits per heavy atom. The van der Waals surface area contributed by atoms with Crippen molar-refractivity contribution in [2.24, 2.45) is 0 Å². The first-order valence-electron chi connectivity index (χ1n) is 6.71. The molecule has 0 amide bonds. The summed E-state index contributed by atoms with van der Waals surface area (Å²) in [7, 11) is -3.23. The van der Waals surface area contributed by atoms with E-state index in [0.717, 1.165) is 13.0 Å². The van der Waals surface area contributed by atoms with Crippen molar-refractivity contribution in [1.82, 2.24) is 10.0 Å². The minimum Gasteiger partial charge on any atom is -0.316 e.